The molecule has 0 radical (unpaired) electrons. The molecule has 2 aromatic rings. The number of nitriles is 1. The molecule has 5 nitrogen and oxygen atoms in total. The van der Waals surface area contributed by atoms with Crippen LogP contribution in [0.1, 0.15) is 18.9 Å². The molecule has 0 N–H and O–H groups in total. The summed E-state index contributed by atoms with van der Waals surface area (Å²) < 4.78 is 36.3. The van der Waals surface area contributed by atoms with Crippen molar-refractivity contribution in [1.82, 2.24) is 0 Å². The summed E-state index contributed by atoms with van der Waals surface area (Å²) in [6.45, 7) is 2.42. The van der Waals surface area contributed by atoms with Crippen molar-refractivity contribution in [1.29, 1.82) is 5.26 Å². The van der Waals surface area contributed by atoms with Gasteiger partial charge in [-0.05, 0) is 30.7 Å². The number of hydrogen-bond acceptors (Lipinski definition) is 5. The van der Waals surface area contributed by atoms with Gasteiger partial charge in [-0.25, -0.2) is 8.42 Å². The van der Waals surface area contributed by atoms with Gasteiger partial charge in [-0.15, -0.1) is 0 Å². The number of benzene rings is 2. The highest BCUT2D eigenvalue weighted by Crippen LogP contribution is 2.34. The molecule has 0 fully saturated rings. The van der Waals surface area contributed by atoms with Crippen molar-refractivity contribution in [2.24, 2.45) is 0 Å². The smallest absolute Gasteiger partial charge is 0.216 e. The molecule has 0 saturated carbocycles. The highest BCUT2D eigenvalue weighted by atomic mass is 32.2. The molecule has 6 heteroatoms. The molecule has 130 valence electrons. The first-order chi connectivity index (χ1) is 12.0. The quantitative estimate of drug-likeness (QED) is 0.704. The van der Waals surface area contributed by atoms with Gasteiger partial charge in [-0.1, -0.05) is 37.3 Å². The Morgan fingerprint density at radius 2 is 1.88 bits per heavy atom. The van der Waals surface area contributed by atoms with E-state index in [1.807, 2.05) is 6.92 Å². The molecule has 2 aromatic carbocycles. The summed E-state index contributed by atoms with van der Waals surface area (Å²) in [4.78, 5) is -0.282. The van der Waals surface area contributed by atoms with Crippen LogP contribution in [0.4, 0.5) is 0 Å². The number of hydrogen-bond donors (Lipinski definition) is 0. The van der Waals surface area contributed by atoms with Crippen LogP contribution >= 0.6 is 0 Å². The van der Waals surface area contributed by atoms with Gasteiger partial charge >= 0.3 is 0 Å². The van der Waals surface area contributed by atoms with Crippen molar-refractivity contribution in [3.63, 3.8) is 0 Å². The lowest BCUT2D eigenvalue weighted by molar-refractivity contribution is 0.293. The minimum Gasteiger partial charge on any atom is -0.493 e. The van der Waals surface area contributed by atoms with E-state index < -0.39 is 9.84 Å². The van der Waals surface area contributed by atoms with E-state index in [9.17, 15) is 13.7 Å². The summed E-state index contributed by atoms with van der Waals surface area (Å²) in [6, 6.07) is 14.8. The van der Waals surface area contributed by atoms with Crippen molar-refractivity contribution in [3.8, 4) is 17.6 Å². The van der Waals surface area contributed by atoms with E-state index >= 15 is 0 Å². The third-order valence-corrected chi connectivity index (χ3v) is 5.10. The molecule has 0 aromatic heterocycles. The van der Waals surface area contributed by atoms with E-state index in [2.05, 4.69) is 0 Å². The molecule has 25 heavy (non-hydrogen) atoms. The number of sulfone groups is 1. The fraction of sp³-hybridized carbons (Fsp3) is 0.211. The van der Waals surface area contributed by atoms with Gasteiger partial charge in [0.1, 0.15) is 11.0 Å². The van der Waals surface area contributed by atoms with Crippen LogP contribution in [-0.4, -0.2) is 22.1 Å². The molecule has 0 amide bonds. The van der Waals surface area contributed by atoms with Gasteiger partial charge in [-0.2, -0.15) is 5.26 Å². The third kappa shape index (κ3) is 4.20. The lowest BCUT2D eigenvalue weighted by atomic mass is 10.1. The first-order valence-corrected chi connectivity index (χ1v) is 9.24. The van der Waals surface area contributed by atoms with E-state index in [1.54, 1.807) is 42.5 Å². The first kappa shape index (κ1) is 18.6. The first-order valence-electron chi connectivity index (χ1n) is 7.76. The highest BCUT2D eigenvalue weighted by Gasteiger charge is 2.21. The van der Waals surface area contributed by atoms with Crippen LogP contribution < -0.4 is 9.47 Å². The predicted molar refractivity (Wildman–Crippen MR) is 96.0 cm³/mol. The van der Waals surface area contributed by atoms with Gasteiger partial charge < -0.3 is 9.47 Å². The van der Waals surface area contributed by atoms with Gasteiger partial charge in [-0.3, -0.25) is 0 Å². The van der Waals surface area contributed by atoms with E-state index in [0.717, 1.165) is 6.42 Å². The van der Waals surface area contributed by atoms with Crippen LogP contribution in [0.3, 0.4) is 0 Å². The molecule has 0 bridgehead atoms. The molecule has 0 aliphatic rings. The zero-order valence-electron chi connectivity index (χ0n) is 14.1. The number of para-hydroxylation sites is 1. The number of rotatable bonds is 7. The molecule has 0 aliphatic heterocycles. The maximum absolute atomic E-state index is 12.7. The molecule has 0 spiro atoms. The molecule has 2 rings (SSSR count). The topological polar surface area (TPSA) is 76.4 Å². The maximum Gasteiger partial charge on any atom is 0.216 e. The Kier molecular flexibility index (Phi) is 6.20. The standard InChI is InChI=1S/C19H19NO4S/c1-3-12-24-19-15(8-7-11-18(19)23-2)13-17(14-20)25(21,22)16-9-5-4-6-10-16/h4-11,13H,3,12H2,1-2H3. The van der Waals surface area contributed by atoms with E-state index in [-0.39, 0.29) is 9.80 Å². The van der Waals surface area contributed by atoms with Crippen molar-refractivity contribution in [3.05, 3.63) is 59.0 Å². The molecular formula is C19H19NO4S. The maximum atomic E-state index is 12.7. The summed E-state index contributed by atoms with van der Waals surface area (Å²) >= 11 is 0. The average molecular weight is 357 g/mol. The monoisotopic (exact) mass is 357 g/mol. The minimum atomic E-state index is -3.90. The number of methoxy groups -OCH3 is 1. The Hall–Kier alpha value is -2.78. The van der Waals surface area contributed by atoms with Crippen LogP contribution in [0.25, 0.3) is 6.08 Å². The summed E-state index contributed by atoms with van der Waals surface area (Å²) in [5.74, 6) is 0.902. The fourth-order valence-corrected chi connectivity index (χ4v) is 3.38. The number of allylic oxidation sites excluding steroid dienone is 1. The van der Waals surface area contributed by atoms with Gasteiger partial charge in [0.15, 0.2) is 11.5 Å². The van der Waals surface area contributed by atoms with Gasteiger partial charge in [0, 0.05) is 5.56 Å². The van der Waals surface area contributed by atoms with E-state index in [1.165, 1.54) is 25.3 Å². The summed E-state index contributed by atoms with van der Waals surface area (Å²) in [5.41, 5.74) is 0.476. The van der Waals surface area contributed by atoms with Crippen LogP contribution in [-0.2, 0) is 9.84 Å². The van der Waals surface area contributed by atoms with E-state index in [4.69, 9.17) is 9.47 Å². The Labute approximate surface area is 148 Å². The zero-order valence-corrected chi connectivity index (χ0v) is 14.9. The highest BCUT2D eigenvalue weighted by molar-refractivity contribution is 7.95. The second kappa shape index (κ2) is 8.36. The van der Waals surface area contributed by atoms with E-state index in [0.29, 0.717) is 23.7 Å². The second-order valence-electron chi connectivity index (χ2n) is 5.16. The minimum absolute atomic E-state index is 0.0710. The normalized spacial score (nSPS) is 11.6. The second-order valence-corrected chi connectivity index (χ2v) is 7.08. The molecule has 0 heterocycles. The number of nitrogens with zero attached hydrogens (tertiary/aromatic N) is 1. The lowest BCUT2D eigenvalue weighted by Crippen LogP contribution is -2.04. The van der Waals surface area contributed by atoms with Crippen molar-refractivity contribution >= 4 is 15.9 Å². The third-order valence-electron chi connectivity index (χ3n) is 3.42. The van der Waals surface area contributed by atoms with Crippen LogP contribution in [0, 0.1) is 11.3 Å². The number of ether oxygens (including phenoxy) is 2. The van der Waals surface area contributed by atoms with Crippen LogP contribution in [0.2, 0.25) is 0 Å². The molecular weight excluding hydrogens is 338 g/mol. The van der Waals surface area contributed by atoms with Crippen LogP contribution in [0.15, 0.2) is 58.3 Å². The Morgan fingerprint density at radius 1 is 1.16 bits per heavy atom. The largest absolute Gasteiger partial charge is 0.493 e. The lowest BCUT2D eigenvalue weighted by Gasteiger charge is -2.13. The Morgan fingerprint density at radius 3 is 2.48 bits per heavy atom. The molecule has 0 unspecified atom stereocenters. The van der Waals surface area contributed by atoms with Gasteiger partial charge in [0.2, 0.25) is 9.84 Å². The van der Waals surface area contributed by atoms with Gasteiger partial charge in [0.25, 0.3) is 0 Å². The Balaban J connectivity index is 2.56. The summed E-state index contributed by atoms with van der Waals surface area (Å²) in [6.07, 6.45) is 2.10. The summed E-state index contributed by atoms with van der Waals surface area (Å²) in [7, 11) is -2.40. The molecule has 0 aliphatic carbocycles. The van der Waals surface area contributed by atoms with Crippen LogP contribution in [0.5, 0.6) is 11.5 Å². The predicted octanol–water partition coefficient (Wildman–Crippen LogP) is 3.82. The fourth-order valence-electron chi connectivity index (χ4n) is 2.20. The average Bonchev–Trinajstić information content (AvgIpc) is 2.65. The summed E-state index contributed by atoms with van der Waals surface area (Å²) in [5, 5.41) is 9.41. The van der Waals surface area contributed by atoms with Crippen molar-refractivity contribution < 1.29 is 17.9 Å². The SMILES string of the molecule is CCCOc1c(C=C(C#N)S(=O)(=O)c2ccccc2)cccc1OC. The molecule has 0 atom stereocenters. The van der Waals surface area contributed by atoms with Crippen molar-refractivity contribution in [2.45, 2.75) is 18.2 Å². The van der Waals surface area contributed by atoms with Gasteiger partial charge in [0.05, 0.1) is 18.6 Å². The van der Waals surface area contributed by atoms with Crippen molar-refractivity contribution in [2.75, 3.05) is 13.7 Å². The Bertz CT molecular complexity index is 897. The molecule has 0 saturated heterocycles. The zero-order chi connectivity index (χ0) is 18.3.